The lowest BCUT2D eigenvalue weighted by Crippen LogP contribution is -2.60. The first kappa shape index (κ1) is 63.1. The first-order valence-electron chi connectivity index (χ1n) is 28.4. The average Bonchev–Trinajstić information content (AvgIpc) is 3.32. The van der Waals surface area contributed by atoms with Crippen molar-refractivity contribution in [2.24, 2.45) is 0 Å². The van der Waals surface area contributed by atoms with E-state index in [-0.39, 0.29) is 6.42 Å². The van der Waals surface area contributed by atoms with Gasteiger partial charge in [0.05, 0.1) is 25.4 Å². The number of rotatable bonds is 49. The Labute approximate surface area is 405 Å². The summed E-state index contributed by atoms with van der Waals surface area (Å²) in [4.78, 5) is 13.1. The van der Waals surface area contributed by atoms with Crippen molar-refractivity contribution >= 4 is 5.91 Å². The molecule has 1 rings (SSSR count). The lowest BCUT2D eigenvalue weighted by atomic mass is 9.98. The zero-order valence-corrected chi connectivity index (χ0v) is 43.0. The second kappa shape index (κ2) is 45.3. The Kier molecular flexibility index (Phi) is 43.3. The van der Waals surface area contributed by atoms with Crippen LogP contribution < -0.4 is 5.32 Å². The highest BCUT2D eigenvalue weighted by molar-refractivity contribution is 5.80. The van der Waals surface area contributed by atoms with Gasteiger partial charge in [-0.1, -0.05) is 264 Å². The van der Waals surface area contributed by atoms with E-state index in [1.54, 1.807) is 0 Å². The minimum atomic E-state index is -1.66. The topological polar surface area (TPSA) is 189 Å². The Morgan fingerprint density at radius 2 is 0.788 bits per heavy atom. The van der Waals surface area contributed by atoms with Crippen LogP contribution in [0.2, 0.25) is 0 Å². The average molecular weight is 944 g/mol. The Morgan fingerprint density at radius 3 is 1.12 bits per heavy atom. The fourth-order valence-corrected chi connectivity index (χ4v) is 9.50. The van der Waals surface area contributed by atoms with E-state index < -0.39 is 74.2 Å². The van der Waals surface area contributed by atoms with Gasteiger partial charge in [-0.15, -0.1) is 0 Å². The van der Waals surface area contributed by atoms with Crippen LogP contribution in [-0.4, -0.2) is 110 Å². The molecule has 0 aromatic heterocycles. The zero-order valence-electron chi connectivity index (χ0n) is 43.0. The molecule has 0 radical (unpaired) electrons. The molecule has 1 heterocycles. The van der Waals surface area contributed by atoms with Crippen LogP contribution in [0.3, 0.4) is 0 Å². The minimum absolute atomic E-state index is 0.266. The van der Waals surface area contributed by atoms with Crippen molar-refractivity contribution in [2.45, 2.75) is 332 Å². The normalized spacial score (nSPS) is 20.7. The van der Waals surface area contributed by atoms with Crippen LogP contribution >= 0.6 is 0 Å². The molecule has 9 atom stereocenters. The Hall–Kier alpha value is -0.890. The van der Waals surface area contributed by atoms with Crippen LogP contribution in [0.4, 0.5) is 0 Å². The molecule has 0 bridgehead atoms. The molecule has 0 aliphatic carbocycles. The summed E-state index contributed by atoms with van der Waals surface area (Å²) in [5.41, 5.74) is 0. The van der Waals surface area contributed by atoms with Crippen LogP contribution in [-0.2, 0) is 14.3 Å². The Morgan fingerprint density at radius 1 is 0.470 bits per heavy atom. The lowest BCUT2D eigenvalue weighted by Gasteiger charge is -2.40. The van der Waals surface area contributed by atoms with Crippen molar-refractivity contribution in [3.63, 3.8) is 0 Å². The van der Waals surface area contributed by atoms with Crippen LogP contribution in [0.15, 0.2) is 0 Å². The van der Waals surface area contributed by atoms with Gasteiger partial charge in [0.1, 0.15) is 36.6 Å². The molecule has 8 N–H and O–H groups in total. The first-order chi connectivity index (χ1) is 32.2. The molecule has 1 aliphatic heterocycles. The number of carbonyl (C=O) groups excluding carboxylic acids is 1. The van der Waals surface area contributed by atoms with E-state index in [4.69, 9.17) is 9.47 Å². The molecule has 394 valence electrons. The van der Waals surface area contributed by atoms with E-state index >= 15 is 0 Å². The van der Waals surface area contributed by atoms with Crippen molar-refractivity contribution in [1.82, 2.24) is 5.32 Å². The van der Waals surface area contributed by atoms with Crippen LogP contribution in [0.5, 0.6) is 0 Å². The molecule has 0 aromatic rings. The van der Waals surface area contributed by atoms with E-state index in [0.29, 0.717) is 19.3 Å². The fraction of sp³-hybridized carbons (Fsp3) is 0.982. The molecule has 0 aromatic carbocycles. The third-order valence-corrected chi connectivity index (χ3v) is 14.2. The molecule has 1 fully saturated rings. The van der Waals surface area contributed by atoms with Gasteiger partial charge in [0.2, 0.25) is 5.91 Å². The van der Waals surface area contributed by atoms with Gasteiger partial charge in [0.15, 0.2) is 6.29 Å². The van der Waals surface area contributed by atoms with Crippen molar-refractivity contribution in [3.05, 3.63) is 0 Å². The summed E-state index contributed by atoms with van der Waals surface area (Å²) >= 11 is 0. The van der Waals surface area contributed by atoms with E-state index in [1.807, 2.05) is 0 Å². The van der Waals surface area contributed by atoms with Gasteiger partial charge < -0.3 is 50.5 Å². The maximum atomic E-state index is 13.1. The van der Waals surface area contributed by atoms with Crippen LogP contribution in [0.25, 0.3) is 0 Å². The highest BCUT2D eigenvalue weighted by Gasteiger charge is 2.44. The van der Waals surface area contributed by atoms with E-state index in [9.17, 15) is 40.5 Å². The van der Waals surface area contributed by atoms with Gasteiger partial charge in [0, 0.05) is 0 Å². The largest absolute Gasteiger partial charge is 0.394 e. The van der Waals surface area contributed by atoms with Gasteiger partial charge in [-0.05, 0) is 12.8 Å². The lowest BCUT2D eigenvalue weighted by molar-refractivity contribution is -0.303. The standard InChI is InChI=1S/C55H109NO10/c1-3-5-7-9-11-12-13-14-15-16-17-18-19-20-21-22-23-24-25-26-27-28-29-30-31-32-33-34-35-37-39-41-43-48(59)54(64)56-46(50(60)47(58)42-40-38-36-10-8-6-4-2)45-65-55-53(63)52(62)51(61)49(44-57)66-55/h46-53,55,57-63H,3-45H2,1-2H3,(H,56,64). The quantitative estimate of drug-likeness (QED) is 0.0273. The van der Waals surface area contributed by atoms with E-state index in [1.165, 1.54) is 193 Å². The molecular weight excluding hydrogens is 835 g/mol. The second-order valence-electron chi connectivity index (χ2n) is 20.4. The third kappa shape index (κ3) is 33.6. The molecule has 9 unspecified atom stereocenters. The number of aliphatic hydroxyl groups is 7. The number of ether oxygens (including phenoxy) is 2. The van der Waals surface area contributed by atoms with Crippen molar-refractivity contribution in [2.75, 3.05) is 13.2 Å². The second-order valence-corrected chi connectivity index (χ2v) is 20.4. The van der Waals surface area contributed by atoms with Crippen molar-refractivity contribution in [1.29, 1.82) is 0 Å². The molecule has 1 saturated heterocycles. The minimum Gasteiger partial charge on any atom is -0.394 e. The van der Waals surface area contributed by atoms with Crippen LogP contribution in [0, 0.1) is 0 Å². The molecule has 0 saturated carbocycles. The predicted octanol–water partition coefficient (Wildman–Crippen LogP) is 11.4. The summed E-state index contributed by atoms with van der Waals surface area (Å²) in [5, 5.41) is 75.5. The highest BCUT2D eigenvalue weighted by atomic mass is 16.7. The number of aliphatic hydroxyl groups excluding tert-OH is 7. The molecule has 11 heteroatoms. The summed E-state index contributed by atoms with van der Waals surface area (Å²) in [7, 11) is 0. The van der Waals surface area contributed by atoms with Crippen LogP contribution in [0.1, 0.15) is 277 Å². The number of unbranched alkanes of at least 4 members (excludes halogenated alkanes) is 37. The Bertz CT molecular complexity index is 1040. The predicted molar refractivity (Wildman–Crippen MR) is 270 cm³/mol. The third-order valence-electron chi connectivity index (χ3n) is 14.2. The fourth-order valence-electron chi connectivity index (χ4n) is 9.50. The highest BCUT2D eigenvalue weighted by Crippen LogP contribution is 2.24. The number of hydrogen-bond donors (Lipinski definition) is 8. The molecular formula is C55H109NO10. The van der Waals surface area contributed by atoms with Gasteiger partial charge in [-0.3, -0.25) is 4.79 Å². The number of nitrogens with one attached hydrogen (secondary N) is 1. The molecule has 1 amide bonds. The monoisotopic (exact) mass is 944 g/mol. The van der Waals surface area contributed by atoms with Gasteiger partial charge in [0.25, 0.3) is 0 Å². The smallest absolute Gasteiger partial charge is 0.249 e. The van der Waals surface area contributed by atoms with E-state index in [0.717, 1.165) is 44.9 Å². The molecule has 66 heavy (non-hydrogen) atoms. The summed E-state index contributed by atoms with van der Waals surface area (Å²) in [6, 6.07) is -1.16. The van der Waals surface area contributed by atoms with Gasteiger partial charge in [-0.2, -0.15) is 0 Å². The summed E-state index contributed by atoms with van der Waals surface area (Å²) in [6.45, 7) is 3.41. The molecule has 0 spiro atoms. The SMILES string of the molecule is CCCCCCCCCCCCCCCCCCCCCCCCCCCCCCCCCCC(O)C(=O)NC(COC1OC(CO)C(O)C(O)C1O)C(O)C(O)CCCCCCCCC. The summed E-state index contributed by atoms with van der Waals surface area (Å²) in [6.07, 6.45) is 39.4. The Balaban J connectivity index is 2.10. The summed E-state index contributed by atoms with van der Waals surface area (Å²) in [5.74, 6) is -0.694. The van der Waals surface area contributed by atoms with Crippen molar-refractivity contribution in [3.8, 4) is 0 Å². The summed E-state index contributed by atoms with van der Waals surface area (Å²) < 4.78 is 11.1. The number of hydrogen-bond acceptors (Lipinski definition) is 10. The van der Waals surface area contributed by atoms with Gasteiger partial charge >= 0.3 is 0 Å². The van der Waals surface area contributed by atoms with Gasteiger partial charge in [-0.25, -0.2) is 0 Å². The first-order valence-corrected chi connectivity index (χ1v) is 28.4. The van der Waals surface area contributed by atoms with E-state index in [2.05, 4.69) is 19.2 Å². The maximum Gasteiger partial charge on any atom is 0.249 e. The zero-order chi connectivity index (χ0) is 48.3. The number of carbonyl (C=O) groups is 1. The number of amides is 1. The molecule has 11 nitrogen and oxygen atoms in total. The maximum absolute atomic E-state index is 13.1. The molecule has 1 aliphatic rings. The van der Waals surface area contributed by atoms with Crippen molar-refractivity contribution < 1.29 is 50.0 Å².